The summed E-state index contributed by atoms with van der Waals surface area (Å²) in [6.07, 6.45) is 12.8. The molecule has 0 fully saturated rings. The standard InChI is InChI=1S/C9H14.C5H5.Fe.I3/c1-2-3-6-9-7-4-5-8-9;1-2-4-5-3-1;;1-3-2/h4-5,7-9H,2-3,6H2,1H3;1-5H;;/q;-1;+2;-1. The Balaban J connectivity index is 0. The zero-order chi connectivity index (χ0) is 12.8. The maximum Gasteiger partial charge on any atom is 2.00 e. The van der Waals surface area contributed by atoms with E-state index < -0.39 is 0 Å². The number of allylic oxidation sites excluding steroid dienone is 4. The van der Waals surface area contributed by atoms with Crippen molar-refractivity contribution in [2.24, 2.45) is 5.92 Å². The van der Waals surface area contributed by atoms with Crippen LogP contribution in [-0.4, -0.2) is 0 Å². The molecule has 1 aromatic rings. The molecule has 0 unspecified atom stereocenters. The topological polar surface area (TPSA) is 0 Å². The van der Waals surface area contributed by atoms with E-state index in [1.54, 1.807) is 0 Å². The van der Waals surface area contributed by atoms with E-state index in [-0.39, 0.29) is 17.1 Å². The average molecular weight is 624 g/mol. The Morgan fingerprint density at radius 2 is 1.61 bits per heavy atom. The first kappa shape index (κ1) is 21.8. The van der Waals surface area contributed by atoms with Gasteiger partial charge in [-0.2, -0.15) is 18.2 Å². The van der Waals surface area contributed by atoms with Gasteiger partial charge in [0, 0.05) is 0 Å². The molecule has 0 radical (unpaired) electrons. The minimum Gasteiger partial charge on any atom is -0.214 e. The minimum atomic E-state index is 0. The molecule has 1 aromatic carbocycles. The van der Waals surface area contributed by atoms with Crippen molar-refractivity contribution in [3.05, 3.63) is 54.6 Å². The molecule has 0 saturated heterocycles. The molecule has 0 bridgehead atoms. The summed E-state index contributed by atoms with van der Waals surface area (Å²) in [4.78, 5) is 0. The van der Waals surface area contributed by atoms with Gasteiger partial charge in [0.25, 0.3) is 0 Å². The fourth-order valence-electron chi connectivity index (χ4n) is 1.43. The third-order valence-corrected chi connectivity index (χ3v) is 2.27. The second kappa shape index (κ2) is 18.5. The summed E-state index contributed by atoms with van der Waals surface area (Å²) in [6.45, 7) is 2.24. The van der Waals surface area contributed by atoms with Crippen molar-refractivity contribution in [2.45, 2.75) is 26.2 Å². The molecule has 0 nitrogen and oxygen atoms in total. The maximum absolute atomic E-state index is 2.39. The predicted molar refractivity (Wildman–Crippen MR) is 91.4 cm³/mol. The Morgan fingerprint density at radius 1 is 1.11 bits per heavy atom. The molecular formula is C14H19FeI3. The molecule has 1 aliphatic rings. The molecule has 18 heavy (non-hydrogen) atoms. The zero-order valence-corrected chi connectivity index (χ0v) is 18.0. The van der Waals surface area contributed by atoms with E-state index in [4.69, 9.17) is 0 Å². The van der Waals surface area contributed by atoms with Gasteiger partial charge in [-0.15, -0.1) is 0 Å². The van der Waals surface area contributed by atoms with E-state index in [0.29, 0.717) is 13.3 Å². The number of unbranched alkanes of at least 4 members (excludes halogenated alkanes) is 1. The maximum atomic E-state index is 2.39. The molecule has 104 valence electrons. The van der Waals surface area contributed by atoms with Gasteiger partial charge in [-0.1, -0.05) is 44.1 Å². The van der Waals surface area contributed by atoms with Gasteiger partial charge in [0.05, 0.1) is 0 Å². The van der Waals surface area contributed by atoms with Crippen LogP contribution in [0.2, 0.25) is 0 Å². The molecule has 0 spiro atoms. The van der Waals surface area contributed by atoms with Crippen LogP contribution in [-0.2, 0) is 17.1 Å². The number of halogens is 3. The average Bonchev–Trinajstić information content (AvgIpc) is 3.03. The Morgan fingerprint density at radius 3 is 1.94 bits per heavy atom. The minimum absolute atomic E-state index is 0. The fraction of sp³-hybridized carbons (Fsp3) is 0.357. The number of hydrogen-bond donors (Lipinski definition) is 0. The quantitative estimate of drug-likeness (QED) is 0.276. The smallest absolute Gasteiger partial charge is 0.214 e. The van der Waals surface area contributed by atoms with Gasteiger partial charge in [-0.05, 0) is 12.3 Å². The van der Waals surface area contributed by atoms with Gasteiger partial charge >= 0.3 is 67.6 Å². The Kier molecular flexibility index (Phi) is 22.5. The molecule has 0 atom stereocenters. The van der Waals surface area contributed by atoms with Crippen molar-refractivity contribution in [3.63, 3.8) is 0 Å². The van der Waals surface area contributed by atoms with Gasteiger partial charge in [0.2, 0.25) is 0 Å². The molecule has 4 heteroatoms. The monoisotopic (exact) mass is 624 g/mol. The van der Waals surface area contributed by atoms with E-state index in [9.17, 15) is 0 Å². The van der Waals surface area contributed by atoms with Crippen LogP contribution < -0.4 is 13.3 Å². The van der Waals surface area contributed by atoms with E-state index in [0.717, 1.165) is 5.92 Å². The summed E-state index contributed by atoms with van der Waals surface area (Å²) in [5, 5.41) is 0. The van der Waals surface area contributed by atoms with Crippen molar-refractivity contribution in [1.29, 1.82) is 0 Å². The number of rotatable bonds is 3. The van der Waals surface area contributed by atoms with Crippen LogP contribution in [0.3, 0.4) is 0 Å². The van der Waals surface area contributed by atoms with Gasteiger partial charge in [0.1, 0.15) is 0 Å². The molecular weight excluding hydrogens is 605 g/mol. The predicted octanol–water partition coefficient (Wildman–Crippen LogP) is 3.10. The van der Waals surface area contributed by atoms with Gasteiger partial charge in [0.15, 0.2) is 0 Å². The molecule has 2 rings (SSSR count). The Labute approximate surface area is 152 Å². The fourth-order valence-corrected chi connectivity index (χ4v) is 1.43. The Hall–Kier alpha value is 1.54. The van der Waals surface area contributed by atoms with Crippen LogP contribution in [0, 0.1) is 5.92 Å². The van der Waals surface area contributed by atoms with Gasteiger partial charge in [-0.25, -0.2) is 12.1 Å². The van der Waals surface area contributed by atoms with E-state index >= 15 is 0 Å². The van der Waals surface area contributed by atoms with Crippen LogP contribution in [0.4, 0.5) is 0 Å². The van der Waals surface area contributed by atoms with E-state index in [1.807, 2.05) is 30.3 Å². The first-order valence-corrected chi connectivity index (χ1v) is 18.3. The van der Waals surface area contributed by atoms with Crippen molar-refractivity contribution < 1.29 is 30.3 Å². The summed E-state index contributed by atoms with van der Waals surface area (Å²) in [7, 11) is 0. The molecule has 0 heterocycles. The summed E-state index contributed by atoms with van der Waals surface area (Å²) in [5.74, 6) is 0.755. The SMILES string of the molecule is CCCCC1C=CC=C1.I[I-]I.[Fe+2].c1cc[cH-]c1. The van der Waals surface area contributed by atoms with E-state index in [1.165, 1.54) is 19.3 Å². The van der Waals surface area contributed by atoms with Crippen molar-refractivity contribution in [2.75, 3.05) is 0 Å². The third-order valence-electron chi connectivity index (χ3n) is 2.27. The van der Waals surface area contributed by atoms with Crippen LogP contribution in [0.25, 0.3) is 0 Å². The summed E-state index contributed by atoms with van der Waals surface area (Å²) < 4.78 is 0. The summed E-state index contributed by atoms with van der Waals surface area (Å²) in [6, 6.07) is 10.0. The zero-order valence-electron chi connectivity index (χ0n) is 10.4. The van der Waals surface area contributed by atoms with Crippen LogP contribution in [0.5, 0.6) is 0 Å². The largest absolute Gasteiger partial charge is 2.00 e. The first-order chi connectivity index (χ1) is 8.35. The molecule has 0 aliphatic heterocycles. The van der Waals surface area contributed by atoms with Gasteiger partial charge in [-0.3, -0.25) is 0 Å². The molecule has 0 amide bonds. The number of hydrogen-bond acceptors (Lipinski definition) is 0. The van der Waals surface area contributed by atoms with Crippen molar-refractivity contribution in [1.82, 2.24) is 0 Å². The third kappa shape index (κ3) is 15.6. The van der Waals surface area contributed by atoms with Crippen molar-refractivity contribution >= 4 is 37.2 Å². The molecule has 0 N–H and O–H groups in total. The molecule has 0 saturated carbocycles. The normalized spacial score (nSPS) is 12.2. The van der Waals surface area contributed by atoms with Crippen LogP contribution in [0.15, 0.2) is 54.6 Å². The second-order valence-electron chi connectivity index (χ2n) is 3.59. The van der Waals surface area contributed by atoms with E-state index in [2.05, 4.69) is 68.5 Å². The summed E-state index contributed by atoms with van der Waals surface area (Å²) in [5.41, 5.74) is 0. The van der Waals surface area contributed by atoms with Crippen LogP contribution in [0.1, 0.15) is 26.2 Å². The second-order valence-corrected chi connectivity index (χ2v) is 19.8. The van der Waals surface area contributed by atoms with Crippen LogP contribution >= 0.6 is 37.2 Å². The molecule has 1 aliphatic carbocycles. The first-order valence-electron chi connectivity index (χ1n) is 5.73. The summed E-state index contributed by atoms with van der Waals surface area (Å²) >= 11 is 5.30. The Bertz CT molecular complexity index is 252. The molecule has 0 aromatic heterocycles. The van der Waals surface area contributed by atoms with Crippen molar-refractivity contribution in [3.8, 4) is 0 Å². The van der Waals surface area contributed by atoms with Gasteiger partial charge < -0.3 is 0 Å².